The zero-order valence-corrected chi connectivity index (χ0v) is 18.9. The maximum atomic E-state index is 12.9. The van der Waals surface area contributed by atoms with Crippen LogP contribution in [0.3, 0.4) is 0 Å². The second-order valence-corrected chi connectivity index (χ2v) is 7.47. The first kappa shape index (κ1) is 23.9. The van der Waals surface area contributed by atoms with Gasteiger partial charge in [0.05, 0.1) is 11.4 Å². The predicted molar refractivity (Wildman–Crippen MR) is 125 cm³/mol. The number of oxime groups is 1. The molecule has 3 aromatic heterocycles. The number of amidine groups is 1. The van der Waals surface area contributed by atoms with Gasteiger partial charge in [0.1, 0.15) is 11.7 Å². The molecule has 0 aliphatic heterocycles. The van der Waals surface area contributed by atoms with Crippen molar-refractivity contribution in [3.05, 3.63) is 49.2 Å². The number of aromatic nitrogens is 4. The van der Waals surface area contributed by atoms with Gasteiger partial charge in [-0.25, -0.2) is 14.4 Å². The maximum Gasteiger partial charge on any atom is 0.348 e. The van der Waals surface area contributed by atoms with Crippen molar-refractivity contribution >= 4 is 41.1 Å². The monoisotopic (exact) mass is 470 g/mol. The van der Waals surface area contributed by atoms with Crippen LogP contribution < -0.4 is 21.3 Å². The van der Waals surface area contributed by atoms with Crippen molar-refractivity contribution in [3.8, 4) is 0 Å². The lowest BCUT2D eigenvalue weighted by atomic mass is 10.4. The molecular weight excluding hydrogens is 444 g/mol. The van der Waals surface area contributed by atoms with Crippen LogP contribution in [0.1, 0.15) is 6.42 Å². The van der Waals surface area contributed by atoms with E-state index >= 15 is 0 Å². The first-order chi connectivity index (χ1) is 16.1. The van der Waals surface area contributed by atoms with Gasteiger partial charge in [-0.2, -0.15) is 4.68 Å². The Bertz CT molecular complexity index is 1220. The number of nitrogen functional groups attached to an aromatic ring is 1. The molecule has 3 rings (SSSR count). The molecule has 0 saturated carbocycles. The molecule has 0 unspecified atom stereocenters. The Labute approximate surface area is 194 Å². The average molecular weight is 470 g/mol. The highest BCUT2D eigenvalue weighted by atomic mass is 16.4. The third kappa shape index (κ3) is 5.01. The van der Waals surface area contributed by atoms with E-state index in [1.165, 1.54) is 60.9 Å². The molecule has 3 amide bonds. The van der Waals surface area contributed by atoms with E-state index in [0.717, 1.165) is 4.68 Å². The summed E-state index contributed by atoms with van der Waals surface area (Å²) in [6, 6.07) is 3.54. The van der Waals surface area contributed by atoms with Crippen molar-refractivity contribution in [2.75, 3.05) is 43.2 Å². The summed E-state index contributed by atoms with van der Waals surface area (Å²) in [7, 11) is 4.70. The minimum Gasteiger partial charge on any atom is -0.409 e. The van der Waals surface area contributed by atoms with E-state index in [-0.39, 0.29) is 30.7 Å². The first-order valence-corrected chi connectivity index (χ1v) is 10.1. The zero-order valence-electron chi connectivity index (χ0n) is 18.9. The van der Waals surface area contributed by atoms with E-state index in [4.69, 9.17) is 16.7 Å². The minimum absolute atomic E-state index is 0.0189. The number of amides is 3. The van der Waals surface area contributed by atoms with E-state index in [0.29, 0.717) is 11.4 Å². The molecule has 14 heteroatoms. The van der Waals surface area contributed by atoms with Gasteiger partial charge >= 0.3 is 18.1 Å². The van der Waals surface area contributed by atoms with Gasteiger partial charge in [-0.05, 0) is 12.1 Å². The van der Waals surface area contributed by atoms with Crippen LogP contribution in [-0.4, -0.2) is 80.6 Å². The van der Waals surface area contributed by atoms with Crippen LogP contribution in [0.25, 0.3) is 0 Å². The number of nitrogens with zero attached hydrogens (tertiary/aromatic N) is 8. The molecule has 0 aliphatic carbocycles. The molecule has 3 heterocycles. The molecule has 0 aromatic carbocycles. The molecule has 0 aliphatic rings. The van der Waals surface area contributed by atoms with E-state index in [9.17, 15) is 14.4 Å². The van der Waals surface area contributed by atoms with Gasteiger partial charge in [0, 0.05) is 71.2 Å². The Hall–Kier alpha value is -4.75. The lowest BCUT2D eigenvalue weighted by molar-refractivity contribution is 0.211. The van der Waals surface area contributed by atoms with Gasteiger partial charge < -0.3 is 21.6 Å². The first-order valence-electron chi connectivity index (χ1n) is 10.1. The standard InChI is InChI=1S/C20H26N10O4/c1-25(8-6-17(22)24-34)18(31)28-9-4-14(12-28)26(2)19(32)29-10-5-15(13-29)27(3)20(33)30-11-7-16(21)23-30/h4-5,7,9-13,34H,6,8H2,1-3H3,(H2,21,23)(H2,22,24). The second-order valence-electron chi connectivity index (χ2n) is 7.47. The van der Waals surface area contributed by atoms with Crippen molar-refractivity contribution in [2.24, 2.45) is 10.9 Å². The normalized spacial score (nSPS) is 11.3. The molecule has 5 N–H and O–H groups in total. The molecule has 0 radical (unpaired) electrons. The average Bonchev–Trinajstić information content (AvgIpc) is 3.60. The zero-order chi connectivity index (χ0) is 25.0. The summed E-state index contributed by atoms with van der Waals surface area (Å²) >= 11 is 0. The van der Waals surface area contributed by atoms with Gasteiger partial charge in [-0.15, -0.1) is 5.10 Å². The Kier molecular flexibility index (Phi) is 6.89. The molecule has 0 fully saturated rings. The van der Waals surface area contributed by atoms with Gasteiger partial charge in [-0.3, -0.25) is 18.9 Å². The summed E-state index contributed by atoms with van der Waals surface area (Å²) in [5, 5.41) is 15.4. The third-order valence-electron chi connectivity index (χ3n) is 5.11. The Morgan fingerprint density at radius 1 is 0.941 bits per heavy atom. The minimum atomic E-state index is -0.443. The number of rotatable bonds is 5. The largest absolute Gasteiger partial charge is 0.409 e. The van der Waals surface area contributed by atoms with E-state index in [2.05, 4.69) is 10.3 Å². The van der Waals surface area contributed by atoms with Gasteiger partial charge in [-0.1, -0.05) is 5.16 Å². The summed E-state index contributed by atoms with van der Waals surface area (Å²) in [5.74, 6) is 0.237. The molecule has 0 bridgehead atoms. The molecule has 14 nitrogen and oxygen atoms in total. The van der Waals surface area contributed by atoms with Crippen LogP contribution in [0.15, 0.2) is 54.3 Å². The topological polar surface area (TPSA) is 173 Å². The van der Waals surface area contributed by atoms with Crippen molar-refractivity contribution < 1.29 is 19.6 Å². The fourth-order valence-corrected chi connectivity index (χ4v) is 3.02. The van der Waals surface area contributed by atoms with Crippen LogP contribution in [0.4, 0.5) is 31.6 Å². The highest BCUT2D eigenvalue weighted by Gasteiger charge is 2.20. The molecule has 34 heavy (non-hydrogen) atoms. The van der Waals surface area contributed by atoms with Gasteiger partial charge in [0.2, 0.25) is 0 Å². The number of anilines is 3. The highest BCUT2D eigenvalue weighted by Crippen LogP contribution is 2.19. The second kappa shape index (κ2) is 9.81. The maximum absolute atomic E-state index is 12.9. The number of nitrogens with two attached hydrogens (primary N) is 2. The Morgan fingerprint density at radius 3 is 2.03 bits per heavy atom. The number of hydrogen-bond acceptors (Lipinski definition) is 7. The number of carbonyl (C=O) groups excluding carboxylic acids is 3. The molecular formula is C20H26N10O4. The Morgan fingerprint density at radius 2 is 1.50 bits per heavy atom. The molecule has 180 valence electrons. The molecule has 0 saturated heterocycles. The van der Waals surface area contributed by atoms with Crippen LogP contribution in [0, 0.1) is 0 Å². The SMILES string of the molecule is CN(CCC(N)=NO)C(=O)n1ccc(N(C)C(=O)n2ccc(N(C)C(=O)n3ccc(N)n3)c2)c1. The van der Waals surface area contributed by atoms with Crippen LogP contribution in [0.2, 0.25) is 0 Å². The number of carbonyl (C=O) groups is 3. The molecule has 3 aromatic rings. The third-order valence-corrected chi connectivity index (χ3v) is 5.11. The lowest BCUT2D eigenvalue weighted by Gasteiger charge is -2.18. The summed E-state index contributed by atoms with van der Waals surface area (Å²) in [4.78, 5) is 42.1. The van der Waals surface area contributed by atoms with Crippen molar-refractivity contribution in [1.82, 2.24) is 23.8 Å². The van der Waals surface area contributed by atoms with Crippen molar-refractivity contribution in [2.45, 2.75) is 6.42 Å². The van der Waals surface area contributed by atoms with Gasteiger partial charge in [0.15, 0.2) is 0 Å². The lowest BCUT2D eigenvalue weighted by Crippen LogP contribution is -2.33. The smallest absolute Gasteiger partial charge is 0.348 e. The summed E-state index contributed by atoms with van der Waals surface area (Å²) in [6.07, 6.45) is 7.74. The van der Waals surface area contributed by atoms with E-state index in [1.54, 1.807) is 33.3 Å². The summed E-state index contributed by atoms with van der Waals surface area (Å²) in [5.41, 5.74) is 11.9. The van der Waals surface area contributed by atoms with Crippen molar-refractivity contribution in [1.29, 1.82) is 0 Å². The summed E-state index contributed by atoms with van der Waals surface area (Å²) in [6.45, 7) is 0.251. The highest BCUT2D eigenvalue weighted by molar-refractivity contribution is 5.96. The van der Waals surface area contributed by atoms with E-state index < -0.39 is 12.1 Å². The fourth-order valence-electron chi connectivity index (χ4n) is 3.02. The molecule has 0 atom stereocenters. The fraction of sp³-hybridized carbons (Fsp3) is 0.250. The number of hydrogen-bond donors (Lipinski definition) is 3. The van der Waals surface area contributed by atoms with Crippen LogP contribution in [0.5, 0.6) is 0 Å². The van der Waals surface area contributed by atoms with Gasteiger partial charge in [0.25, 0.3) is 0 Å². The van der Waals surface area contributed by atoms with Crippen LogP contribution >= 0.6 is 0 Å². The molecule has 0 spiro atoms. The van der Waals surface area contributed by atoms with Crippen LogP contribution in [-0.2, 0) is 0 Å². The van der Waals surface area contributed by atoms with E-state index in [1.807, 2.05) is 0 Å². The predicted octanol–water partition coefficient (Wildman–Crippen LogP) is 1.31. The summed E-state index contributed by atoms with van der Waals surface area (Å²) < 4.78 is 3.75. The Balaban J connectivity index is 1.67. The van der Waals surface area contributed by atoms with Crippen molar-refractivity contribution in [3.63, 3.8) is 0 Å². The quantitative estimate of drug-likeness (QED) is 0.218.